The third kappa shape index (κ3) is 2.15. The second-order valence-corrected chi connectivity index (χ2v) is 5.78. The number of rotatable bonds is 2. The zero-order valence-electron chi connectivity index (χ0n) is 9.99. The summed E-state index contributed by atoms with van der Waals surface area (Å²) in [7, 11) is 0. The predicted octanol–water partition coefficient (Wildman–Crippen LogP) is 2.96. The SMILES string of the molecule is [NH3+][C@H](c1ccc2c(c1)CCCC2)c1cccs1. The highest BCUT2D eigenvalue weighted by molar-refractivity contribution is 7.10. The molecule has 0 unspecified atom stereocenters. The maximum Gasteiger partial charge on any atom is 0.145 e. The largest absolute Gasteiger partial charge is 0.347 e. The molecule has 1 atom stereocenters. The molecule has 2 heteroatoms. The molecule has 1 aromatic carbocycles. The van der Waals surface area contributed by atoms with Gasteiger partial charge in [0.25, 0.3) is 0 Å². The Labute approximate surface area is 106 Å². The monoisotopic (exact) mass is 244 g/mol. The van der Waals surface area contributed by atoms with Gasteiger partial charge in [0.15, 0.2) is 0 Å². The van der Waals surface area contributed by atoms with Crippen molar-refractivity contribution in [2.24, 2.45) is 0 Å². The maximum atomic E-state index is 4.31. The van der Waals surface area contributed by atoms with Crippen LogP contribution in [0.1, 0.15) is 40.5 Å². The Kier molecular flexibility index (Phi) is 3.00. The van der Waals surface area contributed by atoms with E-state index in [-0.39, 0.29) is 0 Å². The molecule has 0 bridgehead atoms. The minimum atomic E-state index is 0.294. The van der Waals surface area contributed by atoms with Crippen LogP contribution in [0, 0.1) is 0 Å². The second kappa shape index (κ2) is 4.63. The fraction of sp³-hybridized carbons (Fsp3) is 0.333. The Hall–Kier alpha value is -1.12. The summed E-state index contributed by atoms with van der Waals surface area (Å²) < 4.78 is 0. The van der Waals surface area contributed by atoms with Gasteiger partial charge >= 0.3 is 0 Å². The Morgan fingerprint density at radius 3 is 2.65 bits per heavy atom. The lowest BCUT2D eigenvalue weighted by Crippen LogP contribution is -2.53. The van der Waals surface area contributed by atoms with Crippen molar-refractivity contribution in [2.75, 3.05) is 0 Å². The number of quaternary nitrogens is 1. The number of hydrogen-bond acceptors (Lipinski definition) is 1. The molecule has 0 saturated heterocycles. The molecular weight excluding hydrogens is 226 g/mol. The van der Waals surface area contributed by atoms with Gasteiger partial charge in [-0.05, 0) is 54.3 Å². The zero-order valence-corrected chi connectivity index (χ0v) is 10.8. The summed E-state index contributed by atoms with van der Waals surface area (Å²) in [6, 6.07) is 11.5. The average molecular weight is 244 g/mol. The summed E-state index contributed by atoms with van der Waals surface area (Å²) >= 11 is 1.80. The van der Waals surface area contributed by atoms with Gasteiger partial charge in [-0.3, -0.25) is 0 Å². The molecule has 1 aromatic heterocycles. The highest BCUT2D eigenvalue weighted by Crippen LogP contribution is 2.27. The Bertz CT molecular complexity index is 502. The molecule has 1 nitrogen and oxygen atoms in total. The van der Waals surface area contributed by atoms with E-state index in [1.165, 1.54) is 36.1 Å². The van der Waals surface area contributed by atoms with Gasteiger partial charge in [-0.25, -0.2) is 0 Å². The van der Waals surface area contributed by atoms with Crippen LogP contribution in [0.4, 0.5) is 0 Å². The average Bonchev–Trinajstić information content (AvgIpc) is 2.91. The van der Waals surface area contributed by atoms with E-state index in [0.29, 0.717) is 6.04 Å². The smallest absolute Gasteiger partial charge is 0.145 e. The van der Waals surface area contributed by atoms with Gasteiger partial charge in [0.05, 0.1) is 4.88 Å². The van der Waals surface area contributed by atoms with E-state index >= 15 is 0 Å². The molecule has 0 fully saturated rings. The van der Waals surface area contributed by atoms with Crippen LogP contribution in [0.5, 0.6) is 0 Å². The molecule has 3 N–H and O–H groups in total. The van der Waals surface area contributed by atoms with Gasteiger partial charge in [0.2, 0.25) is 0 Å². The van der Waals surface area contributed by atoms with Crippen LogP contribution in [0.25, 0.3) is 0 Å². The first-order valence-corrected chi connectivity index (χ1v) is 7.21. The van der Waals surface area contributed by atoms with Crippen LogP contribution in [-0.2, 0) is 12.8 Å². The van der Waals surface area contributed by atoms with Crippen LogP contribution in [0.2, 0.25) is 0 Å². The molecule has 1 aliphatic rings. The van der Waals surface area contributed by atoms with Crippen molar-refractivity contribution in [3.8, 4) is 0 Å². The van der Waals surface area contributed by atoms with E-state index in [0.717, 1.165) is 0 Å². The highest BCUT2D eigenvalue weighted by atomic mass is 32.1. The Balaban J connectivity index is 1.93. The summed E-state index contributed by atoms with van der Waals surface area (Å²) in [4.78, 5) is 1.36. The van der Waals surface area contributed by atoms with Crippen molar-refractivity contribution in [1.29, 1.82) is 0 Å². The van der Waals surface area contributed by atoms with Gasteiger partial charge in [-0.2, -0.15) is 0 Å². The normalized spacial score (nSPS) is 16.5. The molecule has 0 aliphatic heterocycles. The summed E-state index contributed by atoms with van der Waals surface area (Å²) in [5, 5.41) is 2.13. The van der Waals surface area contributed by atoms with Crippen molar-refractivity contribution in [3.05, 3.63) is 57.3 Å². The van der Waals surface area contributed by atoms with E-state index in [4.69, 9.17) is 0 Å². The summed E-state index contributed by atoms with van der Waals surface area (Å²) in [5.41, 5.74) is 8.79. The molecule has 1 aliphatic carbocycles. The summed E-state index contributed by atoms with van der Waals surface area (Å²) in [5.74, 6) is 0. The Morgan fingerprint density at radius 1 is 1.06 bits per heavy atom. The quantitative estimate of drug-likeness (QED) is 0.841. The van der Waals surface area contributed by atoms with Crippen molar-refractivity contribution < 1.29 is 5.73 Å². The van der Waals surface area contributed by atoms with Gasteiger partial charge in [-0.1, -0.05) is 18.2 Å². The molecule has 1 heterocycles. The molecule has 0 spiro atoms. The number of hydrogen-bond donors (Lipinski definition) is 1. The van der Waals surface area contributed by atoms with E-state index in [1.807, 2.05) is 0 Å². The third-order valence-electron chi connectivity index (χ3n) is 3.66. The third-order valence-corrected chi connectivity index (χ3v) is 4.65. The minimum Gasteiger partial charge on any atom is -0.347 e. The second-order valence-electron chi connectivity index (χ2n) is 4.80. The zero-order chi connectivity index (χ0) is 11.7. The molecule has 0 amide bonds. The van der Waals surface area contributed by atoms with Crippen LogP contribution in [0.15, 0.2) is 35.7 Å². The molecule has 0 radical (unpaired) electrons. The predicted molar refractivity (Wildman–Crippen MR) is 72.1 cm³/mol. The minimum absolute atomic E-state index is 0.294. The maximum absolute atomic E-state index is 4.31. The lowest BCUT2D eigenvalue weighted by atomic mass is 9.89. The Morgan fingerprint density at radius 2 is 1.88 bits per heavy atom. The lowest BCUT2D eigenvalue weighted by molar-refractivity contribution is -0.410. The van der Waals surface area contributed by atoms with Gasteiger partial charge in [0.1, 0.15) is 6.04 Å². The van der Waals surface area contributed by atoms with E-state index in [9.17, 15) is 0 Å². The molecule has 88 valence electrons. The fourth-order valence-electron chi connectivity index (χ4n) is 2.62. The number of aryl methyl sites for hydroxylation is 2. The van der Waals surface area contributed by atoms with Crippen molar-refractivity contribution >= 4 is 11.3 Å². The van der Waals surface area contributed by atoms with Crippen LogP contribution in [-0.4, -0.2) is 0 Å². The summed E-state index contributed by atoms with van der Waals surface area (Å²) in [6.45, 7) is 0. The number of benzene rings is 1. The summed E-state index contributed by atoms with van der Waals surface area (Å²) in [6.07, 6.45) is 5.21. The van der Waals surface area contributed by atoms with Crippen LogP contribution >= 0.6 is 11.3 Å². The van der Waals surface area contributed by atoms with E-state index < -0.39 is 0 Å². The first-order chi connectivity index (χ1) is 8.34. The lowest BCUT2D eigenvalue weighted by Gasteiger charge is -2.17. The van der Waals surface area contributed by atoms with Crippen molar-refractivity contribution in [3.63, 3.8) is 0 Å². The molecular formula is C15H18NS+. The van der Waals surface area contributed by atoms with Gasteiger partial charge < -0.3 is 5.73 Å². The first-order valence-electron chi connectivity index (χ1n) is 6.33. The first kappa shape index (κ1) is 11.0. The molecule has 2 aromatic rings. The highest BCUT2D eigenvalue weighted by Gasteiger charge is 2.16. The number of thiophene rings is 1. The standard InChI is InChI=1S/C15H17NS/c16-15(14-6-3-9-17-14)13-8-7-11-4-1-2-5-12(11)10-13/h3,6-10,15H,1-2,4-5,16H2/p+1/t15-/m1/s1. The van der Waals surface area contributed by atoms with Crippen LogP contribution in [0.3, 0.4) is 0 Å². The van der Waals surface area contributed by atoms with Crippen molar-refractivity contribution in [2.45, 2.75) is 31.7 Å². The van der Waals surface area contributed by atoms with Crippen LogP contribution < -0.4 is 5.73 Å². The topological polar surface area (TPSA) is 27.6 Å². The molecule has 0 saturated carbocycles. The van der Waals surface area contributed by atoms with Crippen molar-refractivity contribution in [1.82, 2.24) is 0 Å². The molecule has 3 rings (SSSR count). The van der Waals surface area contributed by atoms with Gasteiger partial charge in [-0.15, -0.1) is 11.3 Å². The van der Waals surface area contributed by atoms with Gasteiger partial charge in [0, 0.05) is 5.56 Å². The fourth-order valence-corrected chi connectivity index (χ4v) is 3.40. The number of fused-ring (bicyclic) bond motifs is 1. The van der Waals surface area contributed by atoms with E-state index in [2.05, 4.69) is 41.4 Å². The molecule has 17 heavy (non-hydrogen) atoms. The van der Waals surface area contributed by atoms with E-state index in [1.54, 1.807) is 22.5 Å².